The van der Waals surface area contributed by atoms with Gasteiger partial charge in [-0.3, -0.25) is 0 Å². The second-order valence-electron chi connectivity index (χ2n) is 7.86. The van der Waals surface area contributed by atoms with E-state index in [2.05, 4.69) is 55.9 Å². The largest absolute Gasteiger partial charge is 0.203 e. The summed E-state index contributed by atoms with van der Waals surface area (Å²) in [6.07, 6.45) is 2.06. The fraction of sp³-hybridized carbons (Fsp3) is 0.348. The van der Waals surface area contributed by atoms with Gasteiger partial charge in [0, 0.05) is 14.9 Å². The molecule has 1 aliphatic heterocycles. The van der Waals surface area contributed by atoms with E-state index in [4.69, 9.17) is 4.11 Å². The Kier molecular flexibility index (Phi) is 2.63. The summed E-state index contributed by atoms with van der Waals surface area (Å²) in [7, 11) is 1.99. The fourth-order valence-corrected chi connectivity index (χ4v) is 4.17. The number of hydrogen-bond donors (Lipinski definition) is 0. The average Bonchev–Trinajstić information content (AvgIpc) is 2.97. The van der Waals surface area contributed by atoms with Crippen molar-refractivity contribution in [2.75, 3.05) is 0 Å². The molecule has 2 heteroatoms. The summed E-state index contributed by atoms with van der Waals surface area (Å²) in [6.45, 7) is 5.97. The monoisotopic (exact) mass is 334 g/mol. The van der Waals surface area contributed by atoms with Crippen LogP contribution in [0.2, 0.25) is 0 Å². The quantitative estimate of drug-likeness (QED) is 0.563. The third kappa shape index (κ3) is 2.00. The molecule has 0 saturated carbocycles. The first-order chi connectivity index (χ1) is 13.0. The molecule has 128 valence electrons. The highest BCUT2D eigenvalue weighted by molar-refractivity contribution is 5.70. The summed E-state index contributed by atoms with van der Waals surface area (Å²) < 4.78 is 29.9. The number of benzene rings is 2. The predicted octanol–water partition coefficient (Wildman–Crippen LogP) is 4.85. The van der Waals surface area contributed by atoms with E-state index in [1.165, 1.54) is 0 Å². The van der Waals surface area contributed by atoms with Crippen LogP contribution in [0.4, 0.5) is 0 Å². The summed E-state index contributed by atoms with van der Waals surface area (Å²) in [4.78, 5) is 0. The van der Waals surface area contributed by atoms with Gasteiger partial charge < -0.3 is 0 Å². The van der Waals surface area contributed by atoms with E-state index in [-0.39, 0.29) is 0 Å². The third-order valence-corrected chi connectivity index (χ3v) is 6.03. The van der Waals surface area contributed by atoms with Crippen molar-refractivity contribution in [3.05, 3.63) is 71.5 Å². The molecule has 0 N–H and O–H groups in total. The van der Waals surface area contributed by atoms with Crippen molar-refractivity contribution >= 4 is 0 Å². The van der Waals surface area contributed by atoms with E-state index in [9.17, 15) is 0 Å². The molecule has 3 aromatic rings. The Bertz CT molecular complexity index is 1060. The Balaban J connectivity index is 2.22. The normalized spacial score (nSPS) is 23.2. The molecule has 1 aliphatic rings. The van der Waals surface area contributed by atoms with E-state index in [0.717, 1.165) is 33.6 Å². The number of rotatable bonds is 1. The highest BCUT2D eigenvalue weighted by Crippen LogP contribution is 2.52. The molecule has 2 nitrogen and oxygen atoms in total. The Hall–Kier alpha value is -2.35. The molecule has 25 heavy (non-hydrogen) atoms. The van der Waals surface area contributed by atoms with Gasteiger partial charge in [0.25, 0.3) is 0 Å². The van der Waals surface area contributed by atoms with Crippen molar-refractivity contribution in [3.8, 4) is 16.8 Å². The Morgan fingerprint density at radius 2 is 1.68 bits per heavy atom. The molecule has 0 fully saturated rings. The minimum atomic E-state index is -2.18. The maximum Gasteiger partial charge on any atom is 0.203 e. The van der Waals surface area contributed by atoms with Crippen molar-refractivity contribution in [2.24, 2.45) is 7.05 Å². The molecule has 0 spiro atoms. The van der Waals surface area contributed by atoms with Gasteiger partial charge in [-0.15, -0.1) is 9.36 Å². The Labute approximate surface area is 154 Å². The maximum atomic E-state index is 8.58. The zero-order valence-electron chi connectivity index (χ0n) is 18.6. The molecule has 4 rings (SSSR count). The van der Waals surface area contributed by atoms with E-state index >= 15 is 0 Å². The maximum absolute atomic E-state index is 8.58. The molecule has 1 atom stereocenters. The summed E-state index contributed by atoms with van der Waals surface area (Å²) in [5.41, 5.74) is 4.54. The van der Waals surface area contributed by atoms with Gasteiger partial charge in [0.05, 0.1) is 5.56 Å². The number of aryl methyl sites for hydroxylation is 2. The number of nitrogens with zero attached hydrogens (tertiary/aromatic N) is 2. The highest BCUT2D eigenvalue weighted by Gasteiger charge is 2.51. The Morgan fingerprint density at radius 3 is 2.36 bits per heavy atom. The Morgan fingerprint density at radius 1 is 0.960 bits per heavy atom. The molecule has 2 heterocycles. The van der Waals surface area contributed by atoms with Gasteiger partial charge in [0.1, 0.15) is 11.4 Å². The molecule has 0 radical (unpaired) electrons. The molecule has 2 aromatic carbocycles. The lowest BCUT2D eigenvalue weighted by Crippen LogP contribution is -2.51. The van der Waals surface area contributed by atoms with Crippen molar-refractivity contribution < 1.29 is 8.79 Å². The first-order valence-corrected chi connectivity index (χ1v) is 8.80. The van der Waals surface area contributed by atoms with Crippen LogP contribution in [0.5, 0.6) is 0 Å². The second kappa shape index (κ2) is 5.08. The molecule has 0 amide bonds. The van der Waals surface area contributed by atoms with Crippen LogP contribution >= 0.6 is 0 Å². The van der Waals surface area contributed by atoms with Gasteiger partial charge in [-0.25, -0.2) is 0 Å². The van der Waals surface area contributed by atoms with Crippen LogP contribution in [0.25, 0.3) is 16.8 Å². The number of aromatic nitrogens is 2. The molecular formula is C23H27N2+. The van der Waals surface area contributed by atoms with Crippen molar-refractivity contribution in [3.63, 3.8) is 0 Å². The van der Waals surface area contributed by atoms with Gasteiger partial charge >= 0.3 is 0 Å². The van der Waals surface area contributed by atoms with Crippen LogP contribution in [0.3, 0.4) is 0 Å². The standard InChI is InChI=1S/C23H27N2/c1-16-11-10-14-19-20(16)25-21(23(4,5)22(19,2)3)18(15-24(25)6)17-12-8-7-9-13-17/h7-15H,1-6H3/q+1/i4D3. The van der Waals surface area contributed by atoms with E-state index in [1.807, 2.05) is 42.9 Å². The third-order valence-electron chi connectivity index (χ3n) is 6.03. The summed E-state index contributed by atoms with van der Waals surface area (Å²) >= 11 is 0. The summed E-state index contributed by atoms with van der Waals surface area (Å²) in [6, 6.07) is 16.3. The van der Waals surface area contributed by atoms with Gasteiger partial charge in [-0.05, 0) is 23.6 Å². The van der Waals surface area contributed by atoms with Gasteiger partial charge in [-0.1, -0.05) is 76.2 Å². The number of para-hydroxylation sites is 1. The zero-order chi connectivity index (χ0) is 20.5. The molecule has 1 unspecified atom stereocenters. The summed E-state index contributed by atoms with van der Waals surface area (Å²) in [5, 5.41) is 0. The molecule has 0 bridgehead atoms. The lowest BCUT2D eigenvalue weighted by atomic mass is 9.59. The molecule has 1 aromatic heterocycles. The lowest BCUT2D eigenvalue weighted by Gasteiger charge is -2.46. The van der Waals surface area contributed by atoms with Crippen LogP contribution in [0, 0.1) is 6.92 Å². The smallest absolute Gasteiger partial charge is 0.124 e. The van der Waals surface area contributed by atoms with E-state index in [1.54, 1.807) is 0 Å². The van der Waals surface area contributed by atoms with Gasteiger partial charge in [-0.2, -0.15) is 0 Å². The molecule has 0 aliphatic carbocycles. The van der Waals surface area contributed by atoms with Crippen LogP contribution in [-0.4, -0.2) is 4.68 Å². The van der Waals surface area contributed by atoms with Gasteiger partial charge in [0.15, 0.2) is 7.05 Å². The zero-order valence-corrected chi connectivity index (χ0v) is 15.6. The van der Waals surface area contributed by atoms with Crippen molar-refractivity contribution in [1.82, 2.24) is 4.68 Å². The van der Waals surface area contributed by atoms with Crippen molar-refractivity contribution in [1.29, 1.82) is 0 Å². The van der Waals surface area contributed by atoms with E-state index < -0.39 is 17.7 Å². The SMILES string of the molecule is [2H]C([2H])([2H])C1(C)c2c(-c3ccccc3)c[n+](C)n2-c2c(C)cccc2C1(C)C. The number of fused-ring (bicyclic) bond motifs is 3. The first kappa shape index (κ1) is 12.9. The predicted molar refractivity (Wildman–Crippen MR) is 103 cm³/mol. The summed E-state index contributed by atoms with van der Waals surface area (Å²) in [5.74, 6) is 0. The van der Waals surface area contributed by atoms with Gasteiger partial charge in [0.2, 0.25) is 6.20 Å². The fourth-order valence-electron chi connectivity index (χ4n) is 4.17. The first-order valence-electron chi connectivity index (χ1n) is 10.3. The van der Waals surface area contributed by atoms with Crippen LogP contribution in [0.1, 0.15) is 48.6 Å². The molecule has 0 saturated heterocycles. The van der Waals surface area contributed by atoms with E-state index in [0.29, 0.717) is 0 Å². The minimum Gasteiger partial charge on any atom is -0.124 e. The highest BCUT2D eigenvalue weighted by atomic mass is 15.4. The van der Waals surface area contributed by atoms with Crippen LogP contribution in [-0.2, 0) is 17.9 Å². The second-order valence-corrected chi connectivity index (χ2v) is 7.86. The lowest BCUT2D eigenvalue weighted by molar-refractivity contribution is -0.745. The van der Waals surface area contributed by atoms with Crippen LogP contribution < -0.4 is 4.68 Å². The van der Waals surface area contributed by atoms with Crippen molar-refractivity contribution in [2.45, 2.75) is 45.4 Å². The minimum absolute atomic E-state index is 0.579. The molecular weight excluding hydrogens is 304 g/mol. The number of hydrogen-bond acceptors (Lipinski definition) is 0. The topological polar surface area (TPSA) is 8.81 Å². The van der Waals surface area contributed by atoms with Crippen LogP contribution in [0.15, 0.2) is 54.7 Å². The average molecular weight is 335 g/mol.